The third kappa shape index (κ3) is 4.50. The molecule has 1 saturated carbocycles. The van der Waals surface area contributed by atoms with Crippen molar-refractivity contribution in [2.24, 2.45) is 5.92 Å². The van der Waals surface area contributed by atoms with Gasteiger partial charge in [0.05, 0.1) is 5.41 Å². The summed E-state index contributed by atoms with van der Waals surface area (Å²) in [5.41, 5.74) is 0.384. The molecule has 0 aromatic heterocycles. The maximum atomic E-state index is 13.3. The number of carbonyl (C=O) groups is 2. The van der Waals surface area contributed by atoms with E-state index in [0.717, 1.165) is 50.8 Å². The van der Waals surface area contributed by atoms with E-state index < -0.39 is 5.60 Å². The second kappa shape index (κ2) is 8.14. The van der Waals surface area contributed by atoms with E-state index in [4.69, 9.17) is 4.74 Å². The van der Waals surface area contributed by atoms with Crippen LogP contribution in [0.4, 0.5) is 4.79 Å². The molecule has 2 aliphatic rings. The number of ether oxygens (including phenoxy) is 1. The first-order valence-corrected chi connectivity index (χ1v) is 10.5. The molecule has 1 aliphatic carbocycles. The third-order valence-corrected chi connectivity index (χ3v) is 6.08. The van der Waals surface area contributed by atoms with Gasteiger partial charge in [0.1, 0.15) is 5.60 Å². The van der Waals surface area contributed by atoms with Crippen LogP contribution >= 0.6 is 0 Å². The number of amides is 2. The van der Waals surface area contributed by atoms with Crippen molar-refractivity contribution in [2.75, 3.05) is 26.7 Å². The Morgan fingerprint density at radius 3 is 2.25 bits per heavy atom. The van der Waals surface area contributed by atoms with Crippen LogP contribution in [0.3, 0.4) is 0 Å². The number of piperidine rings is 1. The Labute approximate surface area is 169 Å². The fraction of sp³-hybridized carbons (Fsp3) is 0.652. The highest BCUT2D eigenvalue weighted by atomic mass is 16.6. The van der Waals surface area contributed by atoms with Crippen LogP contribution in [-0.2, 0) is 14.9 Å². The molecular formula is C23H34N2O3. The number of hydrogen-bond acceptors (Lipinski definition) is 3. The van der Waals surface area contributed by atoms with Gasteiger partial charge in [-0.1, -0.05) is 36.8 Å². The van der Waals surface area contributed by atoms with Gasteiger partial charge in [0.2, 0.25) is 5.91 Å². The molecule has 154 valence electrons. The first kappa shape index (κ1) is 20.7. The van der Waals surface area contributed by atoms with Crippen molar-refractivity contribution in [2.45, 2.75) is 63.9 Å². The molecule has 5 heteroatoms. The molecule has 1 saturated heterocycles. The first-order valence-electron chi connectivity index (χ1n) is 10.5. The van der Waals surface area contributed by atoms with Crippen LogP contribution in [0.15, 0.2) is 30.3 Å². The number of nitrogens with zero attached hydrogens (tertiary/aromatic N) is 2. The number of rotatable bonds is 4. The lowest BCUT2D eigenvalue weighted by atomic mass is 9.63. The fourth-order valence-electron chi connectivity index (χ4n) is 4.34. The van der Waals surface area contributed by atoms with Crippen LogP contribution in [-0.4, -0.2) is 54.1 Å². The molecule has 0 unspecified atom stereocenters. The summed E-state index contributed by atoms with van der Waals surface area (Å²) >= 11 is 0. The molecule has 5 nitrogen and oxygen atoms in total. The van der Waals surface area contributed by atoms with Gasteiger partial charge in [0, 0.05) is 26.7 Å². The Morgan fingerprint density at radius 2 is 1.75 bits per heavy atom. The van der Waals surface area contributed by atoms with Crippen molar-refractivity contribution in [3.8, 4) is 0 Å². The van der Waals surface area contributed by atoms with Gasteiger partial charge in [-0.25, -0.2) is 4.79 Å². The van der Waals surface area contributed by atoms with Crippen molar-refractivity contribution in [1.29, 1.82) is 0 Å². The van der Waals surface area contributed by atoms with Crippen LogP contribution in [0, 0.1) is 5.92 Å². The second-order valence-electron chi connectivity index (χ2n) is 9.40. The number of carbonyl (C=O) groups excluding carboxylic acids is 2. The molecule has 0 radical (unpaired) electrons. The summed E-state index contributed by atoms with van der Waals surface area (Å²) < 4.78 is 5.44. The Balaban J connectivity index is 1.54. The summed E-state index contributed by atoms with van der Waals surface area (Å²) in [6.45, 7) is 7.88. The van der Waals surface area contributed by atoms with E-state index >= 15 is 0 Å². The third-order valence-electron chi connectivity index (χ3n) is 6.08. The van der Waals surface area contributed by atoms with E-state index in [2.05, 4.69) is 17.0 Å². The zero-order valence-electron chi connectivity index (χ0n) is 17.7. The summed E-state index contributed by atoms with van der Waals surface area (Å²) in [7, 11) is 1.80. The Bertz CT molecular complexity index is 684. The van der Waals surface area contributed by atoms with E-state index in [1.54, 1.807) is 11.9 Å². The summed E-state index contributed by atoms with van der Waals surface area (Å²) in [5.74, 6) is 0.708. The summed E-state index contributed by atoms with van der Waals surface area (Å²) in [6, 6.07) is 10.3. The second-order valence-corrected chi connectivity index (χ2v) is 9.40. The molecule has 0 spiro atoms. The van der Waals surface area contributed by atoms with Crippen molar-refractivity contribution in [3.63, 3.8) is 0 Å². The van der Waals surface area contributed by atoms with E-state index in [9.17, 15) is 9.59 Å². The smallest absolute Gasteiger partial charge is 0.410 e. The molecule has 2 amide bonds. The summed E-state index contributed by atoms with van der Waals surface area (Å²) in [5, 5.41) is 0. The average Bonchev–Trinajstić information content (AvgIpc) is 2.61. The highest BCUT2D eigenvalue weighted by molar-refractivity contribution is 5.89. The quantitative estimate of drug-likeness (QED) is 0.779. The molecule has 28 heavy (non-hydrogen) atoms. The lowest BCUT2D eigenvalue weighted by molar-refractivity contribution is -0.142. The molecule has 0 bridgehead atoms. The SMILES string of the molecule is CN(CC1CCN(C(=O)C2(c3ccccc3)CCC2)CC1)C(=O)OC(C)(C)C. The fourth-order valence-corrected chi connectivity index (χ4v) is 4.34. The van der Waals surface area contributed by atoms with E-state index in [0.29, 0.717) is 18.4 Å². The van der Waals surface area contributed by atoms with Gasteiger partial charge in [-0.3, -0.25) is 4.79 Å². The van der Waals surface area contributed by atoms with Gasteiger partial charge < -0.3 is 14.5 Å². The Hall–Kier alpha value is -2.04. The van der Waals surface area contributed by atoms with Crippen LogP contribution < -0.4 is 0 Å². The zero-order valence-corrected chi connectivity index (χ0v) is 17.7. The van der Waals surface area contributed by atoms with Gasteiger partial charge in [0.25, 0.3) is 0 Å². The minimum atomic E-state index is -0.477. The van der Waals surface area contributed by atoms with E-state index in [-0.39, 0.29) is 11.5 Å². The lowest BCUT2D eigenvalue weighted by Crippen LogP contribution is -2.53. The minimum Gasteiger partial charge on any atom is -0.444 e. The summed E-state index contributed by atoms with van der Waals surface area (Å²) in [6.07, 6.45) is 4.63. The highest BCUT2D eigenvalue weighted by Gasteiger charge is 2.47. The highest BCUT2D eigenvalue weighted by Crippen LogP contribution is 2.45. The van der Waals surface area contributed by atoms with Crippen LogP contribution in [0.2, 0.25) is 0 Å². The van der Waals surface area contributed by atoms with Crippen molar-refractivity contribution in [1.82, 2.24) is 9.80 Å². The number of hydrogen-bond donors (Lipinski definition) is 0. The topological polar surface area (TPSA) is 49.9 Å². The molecule has 0 atom stereocenters. The average molecular weight is 387 g/mol. The van der Waals surface area contributed by atoms with Gasteiger partial charge in [-0.05, 0) is 57.9 Å². The Morgan fingerprint density at radius 1 is 1.14 bits per heavy atom. The molecule has 1 aromatic rings. The normalized spacial score (nSPS) is 19.6. The van der Waals surface area contributed by atoms with Crippen molar-refractivity contribution in [3.05, 3.63) is 35.9 Å². The van der Waals surface area contributed by atoms with E-state index in [1.165, 1.54) is 0 Å². The van der Waals surface area contributed by atoms with E-state index in [1.807, 2.05) is 39.0 Å². The number of likely N-dealkylation sites (tertiary alicyclic amines) is 1. The predicted molar refractivity (Wildman–Crippen MR) is 110 cm³/mol. The van der Waals surface area contributed by atoms with Crippen LogP contribution in [0.25, 0.3) is 0 Å². The van der Waals surface area contributed by atoms with Gasteiger partial charge in [-0.2, -0.15) is 0 Å². The van der Waals surface area contributed by atoms with Gasteiger partial charge >= 0.3 is 6.09 Å². The summed E-state index contributed by atoms with van der Waals surface area (Å²) in [4.78, 5) is 29.2. The maximum absolute atomic E-state index is 13.3. The standard InChI is InChI=1S/C23H34N2O3/c1-22(2,3)28-21(27)24(4)17-18-11-15-25(16-12-18)20(26)23(13-8-14-23)19-9-6-5-7-10-19/h5-7,9-10,18H,8,11-17H2,1-4H3. The zero-order chi connectivity index (χ0) is 20.4. The molecule has 1 aromatic carbocycles. The predicted octanol–water partition coefficient (Wildman–Crippen LogP) is 4.21. The van der Waals surface area contributed by atoms with Crippen molar-refractivity contribution >= 4 is 12.0 Å². The van der Waals surface area contributed by atoms with Gasteiger partial charge in [0.15, 0.2) is 0 Å². The van der Waals surface area contributed by atoms with Crippen LogP contribution in [0.1, 0.15) is 58.4 Å². The Kier molecular flexibility index (Phi) is 6.01. The molecular weight excluding hydrogens is 352 g/mol. The molecule has 3 rings (SSSR count). The van der Waals surface area contributed by atoms with Crippen molar-refractivity contribution < 1.29 is 14.3 Å². The lowest BCUT2D eigenvalue weighted by Gasteiger charge is -2.45. The maximum Gasteiger partial charge on any atom is 0.410 e. The molecule has 1 aliphatic heterocycles. The minimum absolute atomic E-state index is 0.275. The molecule has 2 fully saturated rings. The first-order chi connectivity index (χ1) is 13.2. The largest absolute Gasteiger partial charge is 0.444 e. The van der Waals surface area contributed by atoms with Crippen LogP contribution in [0.5, 0.6) is 0 Å². The molecule has 1 heterocycles. The molecule has 0 N–H and O–H groups in total. The monoisotopic (exact) mass is 386 g/mol. The number of benzene rings is 1. The van der Waals surface area contributed by atoms with Gasteiger partial charge in [-0.15, -0.1) is 0 Å².